The highest BCUT2D eigenvalue weighted by molar-refractivity contribution is 5.73. The van der Waals surface area contributed by atoms with Gasteiger partial charge in [0, 0.05) is 13.1 Å². The molecule has 0 aliphatic carbocycles. The van der Waals surface area contributed by atoms with Gasteiger partial charge < -0.3 is 15.4 Å². The van der Waals surface area contributed by atoms with Crippen molar-refractivity contribution >= 4 is 5.97 Å². The second kappa shape index (κ2) is 5.37. The average molecular weight is 293 g/mol. The molecule has 0 fully saturated rings. The van der Waals surface area contributed by atoms with Crippen LogP contribution in [0.2, 0.25) is 0 Å². The molecule has 0 radical (unpaired) electrons. The van der Waals surface area contributed by atoms with Gasteiger partial charge >= 0.3 is 12.1 Å². The minimum absolute atomic E-state index is 0.00548. The number of hydrogen-bond donors (Lipinski definition) is 2. The number of nitrogens with two attached hydrogens (primary N) is 1. The summed E-state index contributed by atoms with van der Waals surface area (Å²) in [5.74, 6) is -1.97. The third-order valence-corrected chi connectivity index (χ3v) is 3.20. The second-order valence-corrected chi connectivity index (χ2v) is 4.49. The number of nitrogens with zero attached hydrogens (tertiary/aromatic N) is 4. The molecule has 1 aliphatic rings. The van der Waals surface area contributed by atoms with E-state index < -0.39 is 24.0 Å². The van der Waals surface area contributed by atoms with Crippen LogP contribution in [0, 0.1) is 0 Å². The van der Waals surface area contributed by atoms with E-state index in [0.29, 0.717) is 0 Å². The van der Waals surface area contributed by atoms with Crippen molar-refractivity contribution in [3.8, 4) is 0 Å². The molecular formula is C10H14F3N5O2. The Morgan fingerprint density at radius 3 is 2.65 bits per heavy atom. The monoisotopic (exact) mass is 293 g/mol. The zero-order valence-electron chi connectivity index (χ0n) is 10.5. The molecule has 20 heavy (non-hydrogen) atoms. The van der Waals surface area contributed by atoms with Gasteiger partial charge in [-0.1, -0.05) is 0 Å². The summed E-state index contributed by atoms with van der Waals surface area (Å²) in [6.45, 7) is 0.393. The molecule has 7 nitrogen and oxygen atoms in total. The highest BCUT2D eigenvalue weighted by Gasteiger charge is 2.40. The van der Waals surface area contributed by atoms with Crippen LogP contribution >= 0.6 is 0 Å². The maximum atomic E-state index is 12.7. The topological polar surface area (TPSA) is 97.3 Å². The summed E-state index contributed by atoms with van der Waals surface area (Å²) in [7, 11) is 0. The normalized spacial score (nSPS) is 17.8. The smallest absolute Gasteiger partial charge is 0.451 e. The zero-order valence-corrected chi connectivity index (χ0v) is 10.5. The van der Waals surface area contributed by atoms with Crippen LogP contribution in [-0.4, -0.2) is 49.9 Å². The first-order chi connectivity index (χ1) is 9.34. The largest absolute Gasteiger partial charge is 0.480 e. The van der Waals surface area contributed by atoms with E-state index in [0.717, 1.165) is 4.57 Å². The molecule has 10 heteroatoms. The lowest BCUT2D eigenvalue weighted by Crippen LogP contribution is -2.46. The first-order valence-corrected chi connectivity index (χ1v) is 6.00. The van der Waals surface area contributed by atoms with Crippen molar-refractivity contribution in [1.29, 1.82) is 0 Å². The number of aliphatic carboxylic acids is 1. The van der Waals surface area contributed by atoms with Gasteiger partial charge in [0.15, 0.2) is 0 Å². The molecule has 0 amide bonds. The summed E-state index contributed by atoms with van der Waals surface area (Å²) < 4.78 is 39.0. The van der Waals surface area contributed by atoms with Gasteiger partial charge in [0.25, 0.3) is 0 Å². The minimum Gasteiger partial charge on any atom is -0.480 e. The maximum Gasteiger partial charge on any atom is 0.451 e. The fourth-order valence-electron chi connectivity index (χ4n) is 2.27. The van der Waals surface area contributed by atoms with Gasteiger partial charge in [0.05, 0.1) is 6.54 Å². The summed E-state index contributed by atoms with van der Waals surface area (Å²) in [5, 5.41) is 15.8. The number of carboxylic acids is 1. The molecule has 1 aromatic rings. The molecule has 1 aliphatic heterocycles. The van der Waals surface area contributed by atoms with E-state index in [1.165, 1.54) is 0 Å². The third-order valence-electron chi connectivity index (χ3n) is 3.20. The van der Waals surface area contributed by atoms with Gasteiger partial charge in [0.1, 0.15) is 11.9 Å². The van der Waals surface area contributed by atoms with Crippen molar-refractivity contribution in [2.45, 2.75) is 31.7 Å². The predicted molar refractivity (Wildman–Crippen MR) is 60.5 cm³/mol. The van der Waals surface area contributed by atoms with Crippen molar-refractivity contribution in [1.82, 2.24) is 19.7 Å². The summed E-state index contributed by atoms with van der Waals surface area (Å²) >= 11 is 0. The summed E-state index contributed by atoms with van der Waals surface area (Å²) in [6, 6.07) is -0.820. The Morgan fingerprint density at radius 1 is 1.40 bits per heavy atom. The number of hydrogen-bond acceptors (Lipinski definition) is 5. The summed E-state index contributed by atoms with van der Waals surface area (Å²) in [5.41, 5.74) is 5.36. The molecule has 2 rings (SSSR count). The number of carboxylic acid groups (broad SMARTS) is 1. The average Bonchev–Trinajstić information content (AvgIpc) is 2.77. The van der Waals surface area contributed by atoms with Gasteiger partial charge in [-0.2, -0.15) is 13.2 Å². The van der Waals surface area contributed by atoms with Crippen LogP contribution < -0.4 is 5.73 Å². The molecule has 1 unspecified atom stereocenters. The first kappa shape index (κ1) is 14.7. The van der Waals surface area contributed by atoms with Crippen LogP contribution in [0.25, 0.3) is 0 Å². The van der Waals surface area contributed by atoms with Crippen molar-refractivity contribution < 1.29 is 23.1 Å². The molecule has 0 saturated heterocycles. The Balaban J connectivity index is 2.20. The standard InChI is InChI=1S/C10H14F3N5O2/c11-10(12,13)9-16-15-7-5-17(3-4-18(7)9)6(1-2-14)8(19)20/h6H,1-5,14H2,(H,19,20). The second-order valence-electron chi connectivity index (χ2n) is 4.49. The Kier molecular flexibility index (Phi) is 3.95. The molecule has 3 N–H and O–H groups in total. The number of fused-ring (bicyclic) bond motifs is 1. The maximum absolute atomic E-state index is 12.7. The van der Waals surface area contributed by atoms with Gasteiger partial charge in [-0.3, -0.25) is 9.69 Å². The molecule has 112 valence electrons. The highest BCUT2D eigenvalue weighted by atomic mass is 19.4. The van der Waals surface area contributed by atoms with Crippen LogP contribution in [-0.2, 0) is 24.1 Å². The van der Waals surface area contributed by atoms with Crippen molar-refractivity contribution in [2.24, 2.45) is 5.73 Å². The molecule has 0 aromatic carbocycles. The fourth-order valence-corrected chi connectivity index (χ4v) is 2.27. The number of aromatic nitrogens is 3. The first-order valence-electron chi connectivity index (χ1n) is 6.00. The number of rotatable bonds is 4. The van der Waals surface area contributed by atoms with Gasteiger partial charge in [-0.15, -0.1) is 10.2 Å². The van der Waals surface area contributed by atoms with E-state index in [1.807, 2.05) is 0 Å². The highest BCUT2D eigenvalue weighted by Crippen LogP contribution is 2.29. The third kappa shape index (κ3) is 2.75. The molecule has 0 spiro atoms. The van der Waals surface area contributed by atoms with E-state index in [9.17, 15) is 18.0 Å². The number of alkyl halides is 3. The zero-order chi connectivity index (χ0) is 14.9. The number of halogens is 3. The van der Waals surface area contributed by atoms with Crippen molar-refractivity contribution in [3.05, 3.63) is 11.6 Å². The van der Waals surface area contributed by atoms with E-state index in [2.05, 4.69) is 10.2 Å². The SMILES string of the molecule is NCCC(C(=O)O)N1CCn2c(nnc2C(F)(F)F)C1. The quantitative estimate of drug-likeness (QED) is 0.805. The van der Waals surface area contributed by atoms with Crippen LogP contribution in [0.1, 0.15) is 18.1 Å². The van der Waals surface area contributed by atoms with Gasteiger partial charge in [0.2, 0.25) is 5.82 Å². The van der Waals surface area contributed by atoms with E-state index in [1.54, 1.807) is 4.90 Å². The summed E-state index contributed by atoms with van der Waals surface area (Å²) in [6.07, 6.45) is -4.33. The Hall–Kier alpha value is -1.68. The summed E-state index contributed by atoms with van der Waals surface area (Å²) in [4.78, 5) is 12.7. The predicted octanol–water partition coefficient (Wildman–Crippen LogP) is -0.0855. The molecule has 1 aromatic heterocycles. The fraction of sp³-hybridized carbons (Fsp3) is 0.700. The van der Waals surface area contributed by atoms with Crippen LogP contribution in [0.5, 0.6) is 0 Å². The van der Waals surface area contributed by atoms with E-state index >= 15 is 0 Å². The molecule has 0 saturated carbocycles. The Labute approximate surface area is 112 Å². The minimum atomic E-state index is -4.56. The Morgan fingerprint density at radius 2 is 2.10 bits per heavy atom. The van der Waals surface area contributed by atoms with E-state index in [4.69, 9.17) is 10.8 Å². The van der Waals surface area contributed by atoms with Crippen molar-refractivity contribution in [3.63, 3.8) is 0 Å². The van der Waals surface area contributed by atoms with Crippen LogP contribution in [0.15, 0.2) is 0 Å². The number of carbonyl (C=O) groups is 1. The molecular weight excluding hydrogens is 279 g/mol. The van der Waals surface area contributed by atoms with E-state index in [-0.39, 0.29) is 38.4 Å². The van der Waals surface area contributed by atoms with Gasteiger partial charge in [-0.25, -0.2) is 0 Å². The molecule has 1 atom stereocenters. The lowest BCUT2D eigenvalue weighted by atomic mass is 10.1. The lowest BCUT2D eigenvalue weighted by Gasteiger charge is -2.32. The van der Waals surface area contributed by atoms with Gasteiger partial charge in [-0.05, 0) is 13.0 Å². The Bertz CT molecular complexity index is 502. The van der Waals surface area contributed by atoms with Crippen LogP contribution in [0.3, 0.4) is 0 Å². The van der Waals surface area contributed by atoms with Crippen LogP contribution in [0.4, 0.5) is 13.2 Å². The van der Waals surface area contributed by atoms with Crippen molar-refractivity contribution in [2.75, 3.05) is 13.1 Å². The lowest BCUT2D eigenvalue weighted by molar-refractivity contribution is -0.149. The molecule has 2 heterocycles. The molecule has 0 bridgehead atoms.